The van der Waals surface area contributed by atoms with E-state index < -0.39 is 0 Å². The summed E-state index contributed by atoms with van der Waals surface area (Å²) < 4.78 is 1.90. The molecule has 1 aromatic rings. The Bertz CT molecular complexity index is 310. The minimum absolute atomic E-state index is 0.291. The van der Waals surface area contributed by atoms with Crippen LogP contribution in [0.3, 0.4) is 0 Å². The molecule has 0 saturated heterocycles. The molecule has 0 radical (unpaired) electrons. The van der Waals surface area contributed by atoms with E-state index in [0.29, 0.717) is 5.78 Å². The highest BCUT2D eigenvalue weighted by atomic mass is 16.1. The Morgan fingerprint density at radius 1 is 1.62 bits per heavy atom. The normalized spacial score (nSPS) is 16.1. The van der Waals surface area contributed by atoms with Gasteiger partial charge in [0.15, 0.2) is 5.78 Å². The van der Waals surface area contributed by atoms with Gasteiger partial charge in [-0.05, 0) is 24.5 Å². The first-order valence-electron chi connectivity index (χ1n) is 4.92. The monoisotopic (exact) mass is 177 g/mol. The molecule has 70 valence electrons. The third-order valence-corrected chi connectivity index (χ3v) is 2.71. The number of aryl methyl sites for hydroxylation is 1. The Hall–Kier alpha value is -1.05. The summed E-state index contributed by atoms with van der Waals surface area (Å²) in [5.74, 6) is 1.14. The zero-order chi connectivity index (χ0) is 9.26. The maximum atomic E-state index is 11.6. The van der Waals surface area contributed by atoms with Crippen LogP contribution in [0.25, 0.3) is 0 Å². The van der Waals surface area contributed by atoms with E-state index in [1.165, 1.54) is 12.8 Å². The van der Waals surface area contributed by atoms with Crippen LogP contribution in [0.2, 0.25) is 0 Å². The molecule has 0 aromatic carbocycles. The van der Waals surface area contributed by atoms with Crippen LogP contribution >= 0.6 is 0 Å². The van der Waals surface area contributed by atoms with Gasteiger partial charge < -0.3 is 4.57 Å². The molecule has 0 bridgehead atoms. The Kier molecular flexibility index (Phi) is 2.21. The molecular formula is C11H15NO. The van der Waals surface area contributed by atoms with Crippen LogP contribution in [0.1, 0.15) is 36.2 Å². The Balaban J connectivity index is 1.92. The zero-order valence-corrected chi connectivity index (χ0v) is 7.99. The molecule has 0 N–H and O–H groups in total. The maximum absolute atomic E-state index is 11.6. The van der Waals surface area contributed by atoms with E-state index in [0.717, 1.165) is 24.5 Å². The average Bonchev–Trinajstić information content (AvgIpc) is 2.84. The number of carbonyl (C=O) groups is 1. The molecule has 1 aliphatic carbocycles. The first-order valence-corrected chi connectivity index (χ1v) is 4.92. The van der Waals surface area contributed by atoms with Crippen molar-refractivity contribution >= 4 is 5.78 Å². The molecular weight excluding hydrogens is 162 g/mol. The molecule has 2 rings (SSSR count). The number of rotatable bonds is 4. The summed E-state index contributed by atoms with van der Waals surface area (Å²) in [4.78, 5) is 11.6. The lowest BCUT2D eigenvalue weighted by atomic mass is 10.1. The van der Waals surface area contributed by atoms with Crippen LogP contribution in [-0.4, -0.2) is 10.4 Å². The first-order chi connectivity index (χ1) is 6.27. The molecule has 0 unspecified atom stereocenters. The molecule has 1 fully saturated rings. The lowest BCUT2D eigenvalue weighted by Crippen LogP contribution is -2.05. The number of nitrogens with zero attached hydrogens (tertiary/aromatic N) is 1. The van der Waals surface area contributed by atoms with E-state index in [9.17, 15) is 4.79 Å². The molecule has 0 spiro atoms. The van der Waals surface area contributed by atoms with Crippen LogP contribution < -0.4 is 0 Å². The van der Waals surface area contributed by atoms with Crippen molar-refractivity contribution in [1.29, 1.82) is 0 Å². The molecule has 1 aromatic heterocycles. The van der Waals surface area contributed by atoms with Crippen molar-refractivity contribution in [2.75, 3.05) is 0 Å². The summed E-state index contributed by atoms with van der Waals surface area (Å²) in [7, 11) is 1.92. The van der Waals surface area contributed by atoms with Crippen molar-refractivity contribution < 1.29 is 4.79 Å². The van der Waals surface area contributed by atoms with E-state index >= 15 is 0 Å². The largest absolute Gasteiger partial charge is 0.348 e. The lowest BCUT2D eigenvalue weighted by Gasteiger charge is -2.01. The second kappa shape index (κ2) is 3.36. The van der Waals surface area contributed by atoms with Gasteiger partial charge in [-0.15, -0.1) is 0 Å². The van der Waals surface area contributed by atoms with Crippen molar-refractivity contribution in [2.24, 2.45) is 13.0 Å². The average molecular weight is 177 g/mol. The van der Waals surface area contributed by atoms with E-state index in [1.807, 2.05) is 29.9 Å². The highest BCUT2D eigenvalue weighted by molar-refractivity contribution is 5.94. The number of aromatic nitrogens is 1. The fraction of sp³-hybridized carbons (Fsp3) is 0.545. The van der Waals surface area contributed by atoms with Gasteiger partial charge in [-0.3, -0.25) is 4.79 Å². The number of hydrogen-bond acceptors (Lipinski definition) is 1. The highest BCUT2D eigenvalue weighted by Crippen LogP contribution is 2.33. The SMILES string of the molecule is Cn1cccc1C(=O)CCC1CC1. The molecule has 1 aliphatic rings. The fourth-order valence-corrected chi connectivity index (χ4v) is 1.62. The van der Waals surface area contributed by atoms with Crippen molar-refractivity contribution in [3.05, 3.63) is 24.0 Å². The maximum Gasteiger partial charge on any atom is 0.179 e. The van der Waals surface area contributed by atoms with Crippen LogP contribution in [0, 0.1) is 5.92 Å². The summed E-state index contributed by atoms with van der Waals surface area (Å²) in [6, 6.07) is 3.82. The van der Waals surface area contributed by atoms with Crippen molar-refractivity contribution in [1.82, 2.24) is 4.57 Å². The predicted octanol–water partition coefficient (Wildman–Crippen LogP) is 2.40. The van der Waals surface area contributed by atoms with Crippen LogP contribution in [0.4, 0.5) is 0 Å². The molecule has 1 saturated carbocycles. The van der Waals surface area contributed by atoms with Gasteiger partial charge in [-0.25, -0.2) is 0 Å². The molecule has 1 heterocycles. The van der Waals surface area contributed by atoms with Gasteiger partial charge in [0.05, 0.1) is 5.69 Å². The number of ketones is 1. The summed E-state index contributed by atoms with van der Waals surface area (Å²) in [6.07, 6.45) is 6.40. The van der Waals surface area contributed by atoms with Crippen LogP contribution in [0.15, 0.2) is 18.3 Å². The zero-order valence-electron chi connectivity index (χ0n) is 7.99. The van der Waals surface area contributed by atoms with Crippen LogP contribution in [-0.2, 0) is 7.05 Å². The predicted molar refractivity (Wildman–Crippen MR) is 51.7 cm³/mol. The van der Waals surface area contributed by atoms with Crippen LogP contribution in [0.5, 0.6) is 0 Å². The van der Waals surface area contributed by atoms with Crippen molar-refractivity contribution in [3.8, 4) is 0 Å². The van der Waals surface area contributed by atoms with Gasteiger partial charge in [0, 0.05) is 19.7 Å². The van der Waals surface area contributed by atoms with E-state index in [4.69, 9.17) is 0 Å². The number of carbonyl (C=O) groups excluding carboxylic acids is 1. The Labute approximate surface area is 78.6 Å². The summed E-state index contributed by atoms with van der Waals surface area (Å²) in [6.45, 7) is 0. The molecule has 0 amide bonds. The summed E-state index contributed by atoms with van der Waals surface area (Å²) >= 11 is 0. The van der Waals surface area contributed by atoms with Gasteiger partial charge in [0.1, 0.15) is 0 Å². The van der Waals surface area contributed by atoms with Gasteiger partial charge in [0.2, 0.25) is 0 Å². The van der Waals surface area contributed by atoms with E-state index in [2.05, 4.69) is 0 Å². The quantitative estimate of drug-likeness (QED) is 0.647. The Morgan fingerprint density at radius 2 is 2.38 bits per heavy atom. The molecule has 2 nitrogen and oxygen atoms in total. The van der Waals surface area contributed by atoms with Gasteiger partial charge in [-0.1, -0.05) is 12.8 Å². The third-order valence-electron chi connectivity index (χ3n) is 2.71. The molecule has 2 heteroatoms. The molecule has 0 aliphatic heterocycles. The molecule has 0 atom stereocenters. The topological polar surface area (TPSA) is 22.0 Å². The van der Waals surface area contributed by atoms with Gasteiger partial charge in [-0.2, -0.15) is 0 Å². The number of Topliss-reactive ketones (excluding diaryl/α,β-unsaturated/α-hetero) is 1. The Morgan fingerprint density at radius 3 is 2.92 bits per heavy atom. The second-order valence-electron chi connectivity index (χ2n) is 3.91. The molecule has 13 heavy (non-hydrogen) atoms. The third kappa shape index (κ3) is 2.00. The first kappa shape index (κ1) is 8.54. The van der Waals surface area contributed by atoms with Crippen molar-refractivity contribution in [2.45, 2.75) is 25.7 Å². The lowest BCUT2D eigenvalue weighted by molar-refractivity contribution is 0.0970. The van der Waals surface area contributed by atoms with E-state index in [1.54, 1.807) is 0 Å². The minimum Gasteiger partial charge on any atom is -0.348 e. The highest BCUT2D eigenvalue weighted by Gasteiger charge is 2.22. The minimum atomic E-state index is 0.291. The van der Waals surface area contributed by atoms with E-state index in [-0.39, 0.29) is 0 Å². The second-order valence-corrected chi connectivity index (χ2v) is 3.91. The summed E-state index contributed by atoms with van der Waals surface area (Å²) in [5, 5.41) is 0. The van der Waals surface area contributed by atoms with Gasteiger partial charge >= 0.3 is 0 Å². The van der Waals surface area contributed by atoms with Crippen molar-refractivity contribution in [3.63, 3.8) is 0 Å². The number of hydrogen-bond donors (Lipinski definition) is 0. The fourth-order valence-electron chi connectivity index (χ4n) is 1.62. The smallest absolute Gasteiger partial charge is 0.179 e. The van der Waals surface area contributed by atoms with Gasteiger partial charge in [0.25, 0.3) is 0 Å². The summed E-state index contributed by atoms with van der Waals surface area (Å²) in [5.41, 5.74) is 0.848. The standard InChI is InChI=1S/C11H15NO/c1-12-8-2-3-10(12)11(13)7-6-9-4-5-9/h2-3,8-9H,4-7H2,1H3.